The van der Waals surface area contributed by atoms with Gasteiger partial charge in [-0.2, -0.15) is 0 Å². The van der Waals surface area contributed by atoms with Gasteiger partial charge in [0.05, 0.1) is 17.3 Å². The van der Waals surface area contributed by atoms with Crippen molar-refractivity contribution in [3.05, 3.63) is 35.0 Å². The fraction of sp³-hybridized carbons (Fsp3) is 0.412. The number of aromatic amines is 1. The van der Waals surface area contributed by atoms with Crippen molar-refractivity contribution in [2.45, 2.75) is 19.4 Å². The monoisotopic (exact) mass is 433 g/mol. The maximum Gasteiger partial charge on any atom is 0.228 e. The Labute approximate surface area is 163 Å². The second kappa shape index (κ2) is 7.28. The maximum atomic E-state index is 12.8. The highest BCUT2D eigenvalue weighted by Crippen LogP contribution is 2.34. The van der Waals surface area contributed by atoms with Crippen LogP contribution in [0, 0.1) is 5.41 Å². The number of nitrogens with one attached hydrogen (secondary N) is 2. The lowest BCUT2D eigenvalue weighted by molar-refractivity contribution is -0.132. The lowest BCUT2D eigenvalue weighted by atomic mass is 9.77. The summed E-state index contributed by atoms with van der Waals surface area (Å²) in [7, 11) is 0. The van der Waals surface area contributed by atoms with Gasteiger partial charge in [0, 0.05) is 31.9 Å². The molecule has 0 atom stereocenters. The van der Waals surface area contributed by atoms with E-state index in [1.165, 1.54) is 0 Å². The summed E-state index contributed by atoms with van der Waals surface area (Å²) in [5, 5.41) is 7.67. The van der Waals surface area contributed by atoms with E-state index in [2.05, 4.69) is 46.3 Å². The minimum absolute atomic E-state index is 0.0494. The topological polar surface area (TPSA) is 126 Å². The van der Waals surface area contributed by atoms with E-state index in [9.17, 15) is 4.79 Å². The van der Waals surface area contributed by atoms with E-state index in [1.54, 1.807) is 12.4 Å². The molecule has 27 heavy (non-hydrogen) atoms. The molecular formula is C17H20BrN7O2. The van der Waals surface area contributed by atoms with Crippen LogP contribution in [0.2, 0.25) is 0 Å². The van der Waals surface area contributed by atoms with Crippen LogP contribution >= 0.6 is 15.9 Å². The number of hydrogen-bond acceptors (Lipinski definition) is 7. The van der Waals surface area contributed by atoms with E-state index in [0.29, 0.717) is 49.4 Å². The van der Waals surface area contributed by atoms with Crippen LogP contribution in [0.25, 0.3) is 11.0 Å². The summed E-state index contributed by atoms with van der Waals surface area (Å²) in [5.41, 5.74) is 6.24. The van der Waals surface area contributed by atoms with E-state index in [4.69, 9.17) is 10.3 Å². The van der Waals surface area contributed by atoms with Gasteiger partial charge in [0.2, 0.25) is 5.91 Å². The summed E-state index contributed by atoms with van der Waals surface area (Å²) in [4.78, 5) is 26.8. The van der Waals surface area contributed by atoms with Crippen LogP contribution in [-0.2, 0) is 11.3 Å². The molecule has 4 rings (SSSR count). The number of fused-ring (bicyclic) bond motifs is 1. The van der Waals surface area contributed by atoms with Gasteiger partial charge in [-0.25, -0.2) is 9.97 Å². The van der Waals surface area contributed by atoms with Crippen molar-refractivity contribution in [3.63, 3.8) is 0 Å². The van der Waals surface area contributed by atoms with Crippen LogP contribution in [0.4, 0.5) is 5.82 Å². The van der Waals surface area contributed by atoms with Crippen molar-refractivity contribution in [1.82, 2.24) is 25.4 Å². The minimum atomic E-state index is -0.585. The van der Waals surface area contributed by atoms with Crippen molar-refractivity contribution in [1.29, 1.82) is 0 Å². The highest BCUT2D eigenvalue weighted by Gasteiger charge is 2.40. The Hall–Kier alpha value is -2.46. The number of nitrogens with zero attached hydrogens (tertiary/aromatic N) is 4. The molecule has 142 valence electrons. The molecule has 3 aromatic rings. The molecule has 0 spiro atoms. The molecular weight excluding hydrogens is 414 g/mol. The van der Waals surface area contributed by atoms with Gasteiger partial charge in [-0.05, 0) is 34.8 Å². The third-order valence-electron chi connectivity index (χ3n) is 5.18. The number of halogens is 1. The van der Waals surface area contributed by atoms with E-state index in [-0.39, 0.29) is 5.91 Å². The van der Waals surface area contributed by atoms with Crippen LogP contribution in [-0.4, -0.2) is 45.7 Å². The SMILES string of the molecule is NCC1(C(=O)NCc2cc(Br)no2)CCN(c2ncnc3[nH]ccc23)CC1. The normalized spacial score (nSPS) is 16.6. The molecule has 0 aliphatic carbocycles. The summed E-state index contributed by atoms with van der Waals surface area (Å²) < 4.78 is 5.71. The molecule has 0 radical (unpaired) electrons. The Morgan fingerprint density at radius 3 is 2.93 bits per heavy atom. The molecule has 1 aliphatic rings. The third-order valence-corrected chi connectivity index (χ3v) is 5.55. The van der Waals surface area contributed by atoms with Gasteiger partial charge in [0.25, 0.3) is 0 Å². The lowest BCUT2D eigenvalue weighted by Gasteiger charge is -2.40. The molecule has 1 fully saturated rings. The summed E-state index contributed by atoms with van der Waals surface area (Å²) in [5.74, 6) is 1.43. The van der Waals surface area contributed by atoms with Crippen LogP contribution < -0.4 is 16.0 Å². The summed E-state index contributed by atoms with van der Waals surface area (Å²) in [6, 6.07) is 3.70. The first kappa shape index (κ1) is 17.9. The van der Waals surface area contributed by atoms with Crippen molar-refractivity contribution >= 4 is 38.7 Å². The Kier molecular flexibility index (Phi) is 4.83. The standard InChI is InChI=1S/C17H20BrN7O2/c18-13-7-11(27-24-13)8-21-16(26)17(9-19)2-5-25(6-3-17)15-12-1-4-20-14(12)22-10-23-15/h1,4,7,10H,2-3,5-6,8-9,19H2,(H,21,26)(H,20,22,23). The zero-order valence-electron chi connectivity index (χ0n) is 14.6. The number of rotatable bonds is 5. The zero-order chi connectivity index (χ0) is 18.9. The van der Waals surface area contributed by atoms with Gasteiger partial charge in [-0.3, -0.25) is 4.79 Å². The number of aromatic nitrogens is 4. The van der Waals surface area contributed by atoms with Crippen molar-refractivity contribution < 1.29 is 9.32 Å². The van der Waals surface area contributed by atoms with E-state index >= 15 is 0 Å². The number of piperidine rings is 1. The van der Waals surface area contributed by atoms with Crippen LogP contribution in [0.5, 0.6) is 0 Å². The first-order valence-electron chi connectivity index (χ1n) is 8.74. The molecule has 0 aromatic carbocycles. The molecule has 0 unspecified atom stereocenters. The van der Waals surface area contributed by atoms with Gasteiger partial charge in [0.15, 0.2) is 5.76 Å². The molecule has 10 heteroatoms. The number of hydrogen-bond donors (Lipinski definition) is 3. The van der Waals surface area contributed by atoms with Gasteiger partial charge in [-0.1, -0.05) is 5.16 Å². The first-order chi connectivity index (χ1) is 13.1. The highest BCUT2D eigenvalue weighted by molar-refractivity contribution is 9.10. The second-order valence-electron chi connectivity index (χ2n) is 6.71. The molecule has 1 amide bonds. The van der Waals surface area contributed by atoms with Crippen molar-refractivity contribution in [2.24, 2.45) is 11.1 Å². The molecule has 1 aliphatic heterocycles. The average Bonchev–Trinajstić information content (AvgIpc) is 3.34. The Morgan fingerprint density at radius 1 is 1.41 bits per heavy atom. The number of carbonyl (C=O) groups excluding carboxylic acids is 1. The van der Waals surface area contributed by atoms with Crippen LogP contribution in [0.15, 0.2) is 33.8 Å². The molecule has 9 nitrogen and oxygen atoms in total. The highest BCUT2D eigenvalue weighted by atomic mass is 79.9. The third kappa shape index (κ3) is 3.42. The number of carbonyl (C=O) groups is 1. The van der Waals surface area contributed by atoms with E-state index in [1.807, 2.05) is 12.3 Å². The summed E-state index contributed by atoms with van der Waals surface area (Å²) >= 11 is 3.23. The Balaban J connectivity index is 1.43. The fourth-order valence-electron chi connectivity index (χ4n) is 3.51. The van der Waals surface area contributed by atoms with E-state index in [0.717, 1.165) is 16.9 Å². The molecule has 0 saturated carbocycles. The molecule has 4 N–H and O–H groups in total. The quantitative estimate of drug-likeness (QED) is 0.557. The predicted octanol–water partition coefficient (Wildman–Crippen LogP) is 1.57. The largest absolute Gasteiger partial charge is 0.358 e. The second-order valence-corrected chi connectivity index (χ2v) is 7.52. The zero-order valence-corrected chi connectivity index (χ0v) is 16.2. The number of nitrogens with two attached hydrogens (primary N) is 1. The summed E-state index contributed by atoms with van der Waals surface area (Å²) in [6.45, 7) is 2.00. The molecule has 1 saturated heterocycles. The number of amides is 1. The van der Waals surface area contributed by atoms with E-state index < -0.39 is 5.41 Å². The molecule has 4 heterocycles. The number of H-pyrrole nitrogens is 1. The Morgan fingerprint density at radius 2 is 2.22 bits per heavy atom. The Bertz CT molecular complexity index is 946. The van der Waals surface area contributed by atoms with Gasteiger partial charge in [-0.15, -0.1) is 0 Å². The average molecular weight is 434 g/mol. The van der Waals surface area contributed by atoms with Crippen molar-refractivity contribution in [2.75, 3.05) is 24.5 Å². The minimum Gasteiger partial charge on any atom is -0.358 e. The lowest BCUT2D eigenvalue weighted by Crippen LogP contribution is -2.52. The van der Waals surface area contributed by atoms with Crippen LogP contribution in [0.1, 0.15) is 18.6 Å². The van der Waals surface area contributed by atoms with Crippen molar-refractivity contribution in [3.8, 4) is 0 Å². The van der Waals surface area contributed by atoms with Crippen LogP contribution in [0.3, 0.4) is 0 Å². The molecule has 0 bridgehead atoms. The maximum absolute atomic E-state index is 12.8. The smallest absolute Gasteiger partial charge is 0.228 e. The first-order valence-corrected chi connectivity index (χ1v) is 9.53. The predicted molar refractivity (Wildman–Crippen MR) is 103 cm³/mol. The van der Waals surface area contributed by atoms with Gasteiger partial charge < -0.3 is 25.5 Å². The summed E-state index contributed by atoms with van der Waals surface area (Å²) in [6.07, 6.45) is 4.73. The number of anilines is 1. The molecule has 3 aromatic heterocycles. The fourth-order valence-corrected chi connectivity index (χ4v) is 3.83. The van der Waals surface area contributed by atoms with Gasteiger partial charge >= 0.3 is 0 Å². The van der Waals surface area contributed by atoms with Gasteiger partial charge in [0.1, 0.15) is 22.4 Å².